The second-order valence-electron chi connectivity index (χ2n) is 28.0. The van der Waals surface area contributed by atoms with Crippen molar-refractivity contribution in [3.63, 3.8) is 0 Å². The van der Waals surface area contributed by atoms with Crippen molar-refractivity contribution in [1.29, 1.82) is 5.26 Å². The summed E-state index contributed by atoms with van der Waals surface area (Å²) in [6.07, 6.45) is 2.14. The second-order valence-corrected chi connectivity index (χ2v) is 42.1. The molecule has 7 aromatic carbocycles. The monoisotopic (exact) mass is 2410 g/mol. The number of hydrogen-bond acceptors (Lipinski definition) is 34. The van der Waals surface area contributed by atoms with Gasteiger partial charge in [0.2, 0.25) is 0 Å². The van der Waals surface area contributed by atoms with Gasteiger partial charge in [0.05, 0.1) is 121 Å². The molecule has 3 amide bonds. The van der Waals surface area contributed by atoms with Gasteiger partial charge in [0.15, 0.2) is 53.3 Å². The molecule has 0 saturated heterocycles. The Balaban J connectivity index is 0.000000313. The summed E-state index contributed by atoms with van der Waals surface area (Å²) < 4.78 is 37.0. The summed E-state index contributed by atoms with van der Waals surface area (Å²) >= 11 is 40.0. The molecule has 51 heteroatoms. The minimum absolute atomic E-state index is 0. The number of esters is 1. The summed E-state index contributed by atoms with van der Waals surface area (Å²) in [5, 5.41) is 59.5. The Kier molecular flexibility index (Phi) is 44.7. The number of carbonyl (C=O) groups is 6. The molecule has 0 saturated carbocycles. The molecule has 15 rings (SSSR count). The number of ether oxygens (including phenoxy) is 4. The summed E-state index contributed by atoms with van der Waals surface area (Å²) in [6, 6.07) is 29.5. The maximum Gasteiger partial charge on any atom is 1.00 e. The Bertz CT molecular complexity index is 6390. The zero-order valence-electron chi connectivity index (χ0n) is 69.6. The zero-order valence-corrected chi connectivity index (χ0v) is 87.9. The van der Waals surface area contributed by atoms with E-state index in [1.807, 2.05) is 94.9 Å². The van der Waals surface area contributed by atoms with Gasteiger partial charge < -0.3 is 63.7 Å². The van der Waals surface area contributed by atoms with E-state index in [1.54, 1.807) is 63.4 Å². The molecule has 8 heterocycles. The van der Waals surface area contributed by atoms with E-state index < -0.39 is 47.0 Å². The van der Waals surface area contributed by atoms with Gasteiger partial charge in [-0.3, -0.25) is 25.4 Å². The number of hydrogen-bond donors (Lipinski definition) is 12. The predicted octanol–water partition coefficient (Wildman–Crippen LogP) is 19.5. The van der Waals surface area contributed by atoms with E-state index in [9.17, 15) is 29.1 Å². The molecule has 0 bridgehead atoms. The van der Waals surface area contributed by atoms with E-state index in [4.69, 9.17) is 62.5 Å². The molecule has 0 aliphatic rings. The fraction of sp³-hybridized carbons (Fsp3) is 0.234. The van der Waals surface area contributed by atoms with Crippen molar-refractivity contribution in [3.05, 3.63) is 174 Å². The van der Waals surface area contributed by atoms with Crippen molar-refractivity contribution in [3.8, 4) is 6.07 Å². The van der Waals surface area contributed by atoms with Crippen LogP contribution in [0.5, 0.6) is 0 Å². The number of fused-ring (bicyclic) bond motifs is 7. The fourth-order valence-corrected chi connectivity index (χ4v) is 21.2. The van der Waals surface area contributed by atoms with Crippen LogP contribution in [0.2, 0.25) is 0 Å². The number of nitrogens with two attached hydrogens (primary N) is 4. The third-order valence-electron chi connectivity index (χ3n) is 14.5. The van der Waals surface area contributed by atoms with Crippen LogP contribution in [0, 0.1) is 11.3 Å². The summed E-state index contributed by atoms with van der Waals surface area (Å²) in [4.78, 5) is 96.0. The Morgan fingerprint density at radius 3 is 1.11 bits per heavy atom. The largest absolute Gasteiger partial charge is 1.00 e. The van der Waals surface area contributed by atoms with E-state index in [2.05, 4.69) is 225 Å². The number of aliphatic hydroxyl groups is 2. The number of thiazole rings is 7. The van der Waals surface area contributed by atoms with Crippen LogP contribution in [0.1, 0.15) is 119 Å². The number of halogens is 8. The number of nitrogens with zero attached hydrogens (tertiary/aromatic N) is 11. The van der Waals surface area contributed by atoms with Crippen LogP contribution in [0.4, 0.5) is 50.3 Å². The molecule has 0 unspecified atom stereocenters. The normalized spacial score (nSPS) is 10.7. The molecule has 8 aromatic heterocycles. The smallest absolute Gasteiger partial charge is 1.00 e. The number of carboxylic acids is 2. The maximum absolute atomic E-state index is 11.9. The first kappa shape index (κ1) is 112. The number of aliphatic carboxylic acids is 1. The van der Waals surface area contributed by atoms with Crippen molar-refractivity contribution in [2.24, 2.45) is 4.30 Å². The van der Waals surface area contributed by atoms with Crippen molar-refractivity contribution < 1.29 is 88.4 Å². The molecule has 1 radical (unpaired) electrons. The van der Waals surface area contributed by atoms with E-state index in [0.717, 1.165) is 127 Å². The molecule has 0 atom stereocenters. The van der Waals surface area contributed by atoms with E-state index >= 15 is 0 Å². The number of alkyl halides is 1. The van der Waals surface area contributed by atoms with E-state index in [1.165, 1.54) is 92.5 Å². The van der Waals surface area contributed by atoms with E-state index in [-0.39, 0.29) is 62.4 Å². The average molecular weight is 2420 g/mol. The Labute approximate surface area is 857 Å². The van der Waals surface area contributed by atoms with Crippen LogP contribution >= 0.6 is 220 Å². The zero-order chi connectivity index (χ0) is 93.6. The number of benzene rings is 7. The van der Waals surface area contributed by atoms with Crippen LogP contribution in [0.15, 0.2) is 139 Å². The van der Waals surface area contributed by atoms with Gasteiger partial charge in [0.25, 0.3) is 5.97 Å². The van der Waals surface area contributed by atoms with Gasteiger partial charge in [0, 0.05) is 56.0 Å². The van der Waals surface area contributed by atoms with Crippen LogP contribution in [-0.2, 0) is 48.8 Å². The quantitative estimate of drug-likeness (QED) is 0.0199. The number of amides is 3. The first-order chi connectivity index (χ1) is 59.1. The molecule has 32 nitrogen and oxygen atoms in total. The molecular formula is C77H78AlBBr8LiN18O14S8. The second kappa shape index (κ2) is 51.3. The number of methoxy groups -OCH3 is 1. The van der Waals surface area contributed by atoms with Crippen LogP contribution < -0.4 is 57.7 Å². The molecule has 15 N–H and O–H groups in total. The number of anilines is 7. The third-order valence-corrected chi connectivity index (χ3v) is 25.4. The maximum atomic E-state index is 11.9. The number of rotatable bonds is 10. The predicted molar refractivity (Wildman–Crippen MR) is 549 cm³/mol. The molecule has 671 valence electrons. The van der Waals surface area contributed by atoms with Gasteiger partial charge >= 0.3 is 73.8 Å². The van der Waals surface area contributed by atoms with Crippen LogP contribution in [-0.4, -0.2) is 150 Å². The minimum atomic E-state index is -0.959. The minimum Gasteiger partial charge on any atom is -1.00 e. The van der Waals surface area contributed by atoms with Gasteiger partial charge in [-0.05, 0) is 287 Å². The molecule has 0 aliphatic carbocycles. The standard InChI is InChI=1S/C16H17BrN4O2S.C13H14Br2N2O2S.C13H15BrN2O3S.C9H7BrN2O2S.C8H4BrN3S.C8H5BrN2O2S.C8H7BrN2OS.C2H4O2.Al.BHNS.Li.4H/c1-16(2,3)23-15(22)20-14-19-13-11(17)7-10(8-12(13)24-14)9-21-6-4-5-18-21;1-13(2,3)19-12(18)17-11-16-10-8(15)4-7(6-14)5-9(10)20-11;1-13(2,3)19-12(18)16-11-15-10-8(14)4-7(6-17)5-9(10)20-11;1-14-8(13)4-2-5(10)7-6(3-4)15-9(11)12-7;9-5-1-4(3-10)2-6-7(5)12-8(11)13-6;9-4-1-3(7(12)13)2-5-6(4)11-8(10)14-5;9-5-1-4(3-12)2-6-7(5)11-8(10)13-6;1-2(3)4;;1-2-3;;;;;/h4-8H,9H2,1-3H3,(H,19,20,22);4-5H,6H2,1-3H3,(H,16,17,18);4-5,17H,6H2,1-3H3,(H,15,16,18);2-3H,1H3,(H2,11,12);1-2H,(H2,11,12);1-2H,(H2,10,11)(H,12,13);1-2,12H,3H2,(H2,10,11);1H3,(H,3,4);;3H;;;;;/q;;;;;;;;;;+1;;;;-1. The first-order valence-corrected chi connectivity index (χ1v) is 48.3. The molecular weight excluding hydrogens is 2340 g/mol. The van der Waals surface area contributed by atoms with Crippen LogP contribution in [0.3, 0.4) is 0 Å². The van der Waals surface area contributed by atoms with Crippen molar-refractivity contribution in [2.75, 3.05) is 46.0 Å². The number of nitrogens with one attached hydrogen (secondary N) is 3. The van der Waals surface area contributed by atoms with Crippen LogP contribution in [0.25, 0.3) is 71.5 Å². The molecule has 0 fully saturated rings. The van der Waals surface area contributed by atoms with Gasteiger partial charge in [-0.25, -0.2) is 58.9 Å². The first-order valence-electron chi connectivity index (χ1n) is 35.5. The Morgan fingerprint density at radius 1 is 0.500 bits per heavy atom. The third kappa shape index (κ3) is 35.2. The summed E-state index contributed by atoms with van der Waals surface area (Å²) in [5.41, 5.74) is 31.4. The molecule has 128 heavy (non-hydrogen) atoms. The fourth-order valence-electron chi connectivity index (χ4n) is 9.89. The summed E-state index contributed by atoms with van der Waals surface area (Å²) in [5.74, 6) is -2.16. The molecule has 15 aromatic rings. The number of thiol groups is 1. The average Bonchev–Trinajstić information content (AvgIpc) is 1.65. The Morgan fingerprint density at radius 2 is 0.789 bits per heavy atom. The van der Waals surface area contributed by atoms with Crippen molar-refractivity contribution in [1.82, 2.24) is 44.7 Å². The number of carbonyl (C=O) groups excluding carboxylic acids is 4. The van der Waals surface area contributed by atoms with Gasteiger partial charge in [-0.1, -0.05) is 95.3 Å². The molecule has 0 spiro atoms. The number of aromatic nitrogens is 9. The van der Waals surface area contributed by atoms with Crippen molar-refractivity contribution in [2.45, 2.75) is 111 Å². The number of aliphatic hydroxyl groups excluding tert-OH is 2. The van der Waals surface area contributed by atoms with E-state index in [0.29, 0.717) is 63.6 Å². The molecule has 0 aliphatic heterocycles. The van der Waals surface area contributed by atoms with Crippen molar-refractivity contribution >= 4 is 388 Å². The van der Waals surface area contributed by atoms with Gasteiger partial charge in [-0.15, -0.1) is 0 Å². The number of nitrogen functional groups attached to an aromatic ring is 4. The summed E-state index contributed by atoms with van der Waals surface area (Å²) in [6.45, 7) is 18.1. The number of nitriles is 1. The van der Waals surface area contributed by atoms with Gasteiger partial charge in [-0.2, -0.15) is 10.4 Å². The Hall–Kier alpha value is -7.01. The summed E-state index contributed by atoms with van der Waals surface area (Å²) in [7, 11) is 5.69. The number of carboxylic acid groups (broad SMARTS) is 2. The van der Waals surface area contributed by atoms with Gasteiger partial charge in [0.1, 0.15) is 16.8 Å². The topological polar surface area (TPSA) is 505 Å². The SMILES string of the molecule is CC(=O)O.CC(C)(C)OC(=O)Nc1nc2c(Br)cc(CBr)cc2s1.CC(C)(C)OC(=O)Nc1nc2c(Br)cc(CO)cc2s1.CC(C)(C)OC(=O)Nc1nc2c(Br)cc(Cn3cccn3)cc2s1.COC(=O)c1cc(Br)c2nc(N)sc2c1.N#Cc1cc(Br)c2nc(N)sc2c1.Nc1nc2c(Br)cc(C(=O)O)cc2s1.Nc1nc2c(Br)cc(CO)cc2s1.[AlH3].[B]=NS.[H-].[Li+]. The number of aromatic carboxylic acids is 1.